The van der Waals surface area contributed by atoms with E-state index in [2.05, 4.69) is 196 Å². The van der Waals surface area contributed by atoms with Gasteiger partial charge in [-0.15, -0.1) is 0 Å². The summed E-state index contributed by atoms with van der Waals surface area (Å²) < 4.78 is 0. The van der Waals surface area contributed by atoms with Crippen LogP contribution in [0.25, 0.3) is 89.8 Å². The van der Waals surface area contributed by atoms with Gasteiger partial charge in [-0.1, -0.05) is 178 Å². The molecule has 0 aliphatic heterocycles. The van der Waals surface area contributed by atoms with Crippen molar-refractivity contribution in [2.75, 3.05) is 0 Å². The Hall–Kier alpha value is -7.23. The highest BCUT2D eigenvalue weighted by Crippen LogP contribution is 2.49. The largest absolute Gasteiger partial charge is 0.208 e. The zero-order chi connectivity index (χ0) is 38.8. The van der Waals surface area contributed by atoms with Crippen LogP contribution >= 0.6 is 0 Å². The monoisotopic (exact) mass is 741 g/mol. The molecule has 2 aliphatic carbocycles. The number of rotatable bonds is 6. The standard InChI is InChI=1S/C55H39N3/c1-55(2)50-23-12-11-20-47(50)48-29-28-40(34-51(48)55)53-56-52(38-26-24-37(25-27-38)35-14-5-3-6-15-35)57-54(58-53)43-31-41(36-16-7-4-8-17-36)30-42(32-43)45-21-13-22-46-44-19-10-9-18-39(44)33-49(45)46/h3-32,34H,33H2,1-2H3. The summed E-state index contributed by atoms with van der Waals surface area (Å²) in [6.07, 6.45) is 0.907. The topological polar surface area (TPSA) is 38.7 Å². The van der Waals surface area contributed by atoms with E-state index in [0.29, 0.717) is 17.5 Å². The van der Waals surface area contributed by atoms with Crippen molar-refractivity contribution >= 4 is 0 Å². The number of nitrogens with zero attached hydrogens (tertiary/aromatic N) is 3. The minimum atomic E-state index is -0.150. The summed E-state index contributed by atoms with van der Waals surface area (Å²) in [5.41, 5.74) is 20.3. The third-order valence-corrected chi connectivity index (χ3v) is 12.2. The van der Waals surface area contributed by atoms with Crippen molar-refractivity contribution in [3.8, 4) is 89.8 Å². The summed E-state index contributed by atoms with van der Waals surface area (Å²) in [7, 11) is 0. The van der Waals surface area contributed by atoms with Crippen LogP contribution in [0.1, 0.15) is 36.1 Å². The lowest BCUT2D eigenvalue weighted by atomic mass is 9.82. The van der Waals surface area contributed by atoms with Gasteiger partial charge in [-0.05, 0) is 109 Å². The number of fused-ring (bicyclic) bond motifs is 6. The fourth-order valence-corrected chi connectivity index (χ4v) is 9.19. The quantitative estimate of drug-likeness (QED) is 0.170. The van der Waals surface area contributed by atoms with Gasteiger partial charge in [0.1, 0.15) is 0 Å². The Morgan fingerprint density at radius 1 is 0.328 bits per heavy atom. The molecule has 1 aromatic heterocycles. The highest BCUT2D eigenvalue weighted by molar-refractivity contribution is 5.88. The van der Waals surface area contributed by atoms with Gasteiger partial charge in [0.05, 0.1) is 0 Å². The molecule has 1 heterocycles. The molecule has 9 aromatic rings. The fraction of sp³-hybridized carbons (Fsp3) is 0.0727. The van der Waals surface area contributed by atoms with E-state index in [9.17, 15) is 0 Å². The SMILES string of the molecule is CC1(C)c2ccccc2-c2ccc(-c3nc(-c4ccc(-c5ccccc5)cc4)nc(-c4cc(-c5ccccc5)cc(-c5cccc6c5Cc5ccccc5-6)c4)n3)cc21. The van der Waals surface area contributed by atoms with E-state index < -0.39 is 0 Å². The van der Waals surface area contributed by atoms with Crippen LogP contribution in [0.3, 0.4) is 0 Å². The molecule has 0 saturated heterocycles. The van der Waals surface area contributed by atoms with Gasteiger partial charge in [0, 0.05) is 22.1 Å². The second-order valence-electron chi connectivity index (χ2n) is 16.0. The van der Waals surface area contributed by atoms with Gasteiger partial charge < -0.3 is 0 Å². The van der Waals surface area contributed by atoms with Crippen LogP contribution in [0.2, 0.25) is 0 Å². The van der Waals surface area contributed by atoms with Crippen LogP contribution in [0.5, 0.6) is 0 Å². The van der Waals surface area contributed by atoms with Crippen LogP contribution in [-0.2, 0) is 11.8 Å². The first-order valence-electron chi connectivity index (χ1n) is 20.1. The maximum atomic E-state index is 5.34. The van der Waals surface area contributed by atoms with E-state index in [0.717, 1.165) is 45.4 Å². The Morgan fingerprint density at radius 2 is 0.828 bits per heavy atom. The second kappa shape index (κ2) is 13.5. The molecule has 8 aromatic carbocycles. The molecule has 58 heavy (non-hydrogen) atoms. The maximum Gasteiger partial charge on any atom is 0.164 e. The first kappa shape index (κ1) is 34.1. The lowest BCUT2D eigenvalue weighted by Crippen LogP contribution is -2.15. The van der Waals surface area contributed by atoms with Crippen LogP contribution in [0.4, 0.5) is 0 Å². The summed E-state index contributed by atoms with van der Waals surface area (Å²) in [4.78, 5) is 15.9. The summed E-state index contributed by atoms with van der Waals surface area (Å²) >= 11 is 0. The molecule has 11 rings (SSSR count). The van der Waals surface area contributed by atoms with Crippen molar-refractivity contribution in [3.05, 3.63) is 210 Å². The van der Waals surface area contributed by atoms with Gasteiger partial charge in [-0.2, -0.15) is 0 Å². The normalized spacial score (nSPS) is 13.1. The van der Waals surface area contributed by atoms with Crippen molar-refractivity contribution in [1.29, 1.82) is 0 Å². The maximum absolute atomic E-state index is 5.34. The minimum absolute atomic E-state index is 0.150. The molecule has 0 amide bonds. The molecule has 0 spiro atoms. The average Bonchev–Trinajstić information content (AvgIpc) is 3.78. The molecule has 0 saturated carbocycles. The molecule has 2 aliphatic rings. The molecule has 0 N–H and O–H groups in total. The first-order valence-corrected chi connectivity index (χ1v) is 20.1. The predicted octanol–water partition coefficient (Wildman–Crippen LogP) is 13.8. The third-order valence-electron chi connectivity index (χ3n) is 12.2. The van der Waals surface area contributed by atoms with Crippen molar-refractivity contribution in [3.63, 3.8) is 0 Å². The molecule has 274 valence electrons. The summed E-state index contributed by atoms with van der Waals surface area (Å²) in [6, 6.07) is 67.5. The molecule has 0 radical (unpaired) electrons. The Kier molecular flexibility index (Phi) is 7.90. The highest BCUT2D eigenvalue weighted by atomic mass is 15.0. The van der Waals surface area contributed by atoms with Gasteiger partial charge >= 0.3 is 0 Å². The third kappa shape index (κ3) is 5.70. The summed E-state index contributed by atoms with van der Waals surface area (Å²) in [5.74, 6) is 1.94. The van der Waals surface area contributed by atoms with Gasteiger partial charge in [-0.3, -0.25) is 0 Å². The zero-order valence-electron chi connectivity index (χ0n) is 32.4. The molecule has 0 bridgehead atoms. The number of hydrogen-bond acceptors (Lipinski definition) is 3. The molecule has 3 nitrogen and oxygen atoms in total. The van der Waals surface area contributed by atoms with Gasteiger partial charge in [0.25, 0.3) is 0 Å². The summed E-state index contributed by atoms with van der Waals surface area (Å²) in [6.45, 7) is 4.63. The van der Waals surface area contributed by atoms with E-state index in [4.69, 9.17) is 15.0 Å². The Morgan fingerprint density at radius 3 is 1.59 bits per heavy atom. The predicted molar refractivity (Wildman–Crippen MR) is 238 cm³/mol. The minimum Gasteiger partial charge on any atom is -0.208 e. The van der Waals surface area contributed by atoms with Gasteiger partial charge in [-0.25, -0.2) is 15.0 Å². The van der Waals surface area contributed by atoms with E-state index in [1.165, 1.54) is 55.6 Å². The van der Waals surface area contributed by atoms with Crippen LogP contribution in [0, 0.1) is 0 Å². The van der Waals surface area contributed by atoms with Crippen LogP contribution in [-0.4, -0.2) is 15.0 Å². The van der Waals surface area contributed by atoms with Crippen molar-refractivity contribution < 1.29 is 0 Å². The van der Waals surface area contributed by atoms with Crippen LogP contribution < -0.4 is 0 Å². The lowest BCUT2D eigenvalue weighted by Gasteiger charge is -2.21. The van der Waals surface area contributed by atoms with Crippen molar-refractivity contribution in [2.24, 2.45) is 0 Å². The Labute approximate surface area is 339 Å². The second-order valence-corrected chi connectivity index (χ2v) is 16.0. The number of aromatic nitrogens is 3. The molecule has 3 heteroatoms. The van der Waals surface area contributed by atoms with E-state index in [1.807, 2.05) is 6.07 Å². The average molecular weight is 742 g/mol. The lowest BCUT2D eigenvalue weighted by molar-refractivity contribution is 0.660. The smallest absolute Gasteiger partial charge is 0.164 e. The molecular weight excluding hydrogens is 703 g/mol. The Bertz CT molecular complexity index is 3040. The zero-order valence-corrected chi connectivity index (χ0v) is 32.4. The van der Waals surface area contributed by atoms with Gasteiger partial charge in [0.15, 0.2) is 17.5 Å². The van der Waals surface area contributed by atoms with Crippen molar-refractivity contribution in [1.82, 2.24) is 15.0 Å². The molecular formula is C55H39N3. The van der Waals surface area contributed by atoms with E-state index in [-0.39, 0.29) is 5.41 Å². The highest BCUT2D eigenvalue weighted by Gasteiger charge is 2.35. The number of hydrogen-bond donors (Lipinski definition) is 0. The fourth-order valence-electron chi connectivity index (χ4n) is 9.19. The number of benzene rings is 8. The molecule has 0 fully saturated rings. The van der Waals surface area contributed by atoms with Crippen molar-refractivity contribution in [2.45, 2.75) is 25.7 Å². The van der Waals surface area contributed by atoms with E-state index in [1.54, 1.807) is 0 Å². The first-order chi connectivity index (χ1) is 28.5. The Balaban J connectivity index is 1.10. The summed E-state index contributed by atoms with van der Waals surface area (Å²) in [5, 5.41) is 0. The van der Waals surface area contributed by atoms with Crippen LogP contribution in [0.15, 0.2) is 188 Å². The van der Waals surface area contributed by atoms with E-state index >= 15 is 0 Å². The molecule has 0 atom stereocenters. The molecule has 0 unspecified atom stereocenters. The van der Waals surface area contributed by atoms with Gasteiger partial charge in [0.2, 0.25) is 0 Å².